The molecule has 12 heavy (non-hydrogen) atoms. The lowest BCUT2D eigenvalue weighted by molar-refractivity contribution is 0.136. The quantitative estimate of drug-likeness (QED) is 0.638. The Balaban J connectivity index is 2.20. The van der Waals surface area contributed by atoms with Gasteiger partial charge in [-0.15, -0.1) is 0 Å². The van der Waals surface area contributed by atoms with Gasteiger partial charge < -0.3 is 5.11 Å². The summed E-state index contributed by atoms with van der Waals surface area (Å²) in [6.45, 7) is 6.69. The van der Waals surface area contributed by atoms with Gasteiger partial charge in [0, 0.05) is 12.1 Å². The van der Waals surface area contributed by atoms with Gasteiger partial charge in [0.1, 0.15) is 0 Å². The van der Waals surface area contributed by atoms with Crippen LogP contribution in [-0.2, 0) is 0 Å². The van der Waals surface area contributed by atoms with Crippen LogP contribution in [0.1, 0.15) is 33.1 Å². The number of β-amino-alcohol motifs (C(OH)–C–C–N with tert-alkyl or cyclic N) is 1. The van der Waals surface area contributed by atoms with Gasteiger partial charge in [-0.2, -0.15) is 0 Å². The van der Waals surface area contributed by atoms with Crippen molar-refractivity contribution in [2.75, 3.05) is 13.1 Å². The Morgan fingerprint density at radius 3 is 2.83 bits per heavy atom. The number of aliphatic hydroxyl groups is 1. The third-order valence-electron chi connectivity index (χ3n) is 3.76. The predicted molar refractivity (Wildman–Crippen MR) is 49.0 cm³/mol. The normalized spacial score (nSPS) is 42.5. The molecule has 2 heterocycles. The molecule has 70 valence electrons. The largest absolute Gasteiger partial charge is 0.392 e. The number of hydrogen-bond donors (Lipinski definition) is 1. The van der Waals surface area contributed by atoms with Gasteiger partial charge >= 0.3 is 0 Å². The van der Waals surface area contributed by atoms with E-state index in [1.54, 1.807) is 0 Å². The third-order valence-corrected chi connectivity index (χ3v) is 3.76. The van der Waals surface area contributed by atoms with Crippen LogP contribution in [0.15, 0.2) is 0 Å². The van der Waals surface area contributed by atoms with E-state index >= 15 is 0 Å². The fourth-order valence-corrected chi connectivity index (χ4v) is 3.08. The zero-order valence-electron chi connectivity index (χ0n) is 8.08. The fourth-order valence-electron chi connectivity index (χ4n) is 3.08. The van der Waals surface area contributed by atoms with E-state index in [1.807, 2.05) is 0 Å². The summed E-state index contributed by atoms with van der Waals surface area (Å²) < 4.78 is 0. The molecule has 2 rings (SSSR count). The molecule has 0 bridgehead atoms. The van der Waals surface area contributed by atoms with Gasteiger partial charge in [-0.3, -0.25) is 4.90 Å². The molecule has 2 heteroatoms. The van der Waals surface area contributed by atoms with Gasteiger partial charge in [0.15, 0.2) is 0 Å². The molecule has 2 aliphatic rings. The maximum absolute atomic E-state index is 9.61. The molecule has 0 aromatic heterocycles. The molecule has 2 unspecified atom stereocenters. The van der Waals surface area contributed by atoms with Crippen LogP contribution in [0.4, 0.5) is 0 Å². The second-order valence-electron chi connectivity index (χ2n) is 4.67. The van der Waals surface area contributed by atoms with E-state index in [4.69, 9.17) is 0 Å². The molecule has 0 aromatic carbocycles. The van der Waals surface area contributed by atoms with E-state index in [1.165, 1.54) is 19.4 Å². The van der Waals surface area contributed by atoms with Gasteiger partial charge in [-0.25, -0.2) is 0 Å². The zero-order valence-corrected chi connectivity index (χ0v) is 8.08. The van der Waals surface area contributed by atoms with Crippen molar-refractivity contribution < 1.29 is 5.11 Å². The molecule has 0 radical (unpaired) electrons. The topological polar surface area (TPSA) is 23.5 Å². The molecule has 0 saturated carbocycles. The lowest BCUT2D eigenvalue weighted by atomic mass is 9.82. The summed E-state index contributed by atoms with van der Waals surface area (Å²) in [5.41, 5.74) is 0.361. The van der Waals surface area contributed by atoms with Gasteiger partial charge in [-0.05, 0) is 31.7 Å². The van der Waals surface area contributed by atoms with Crippen molar-refractivity contribution in [3.63, 3.8) is 0 Å². The summed E-state index contributed by atoms with van der Waals surface area (Å²) in [5.74, 6) is 0.692. The van der Waals surface area contributed by atoms with Crippen molar-refractivity contribution in [2.24, 2.45) is 5.92 Å². The number of nitrogens with zero attached hydrogens (tertiary/aromatic N) is 1. The molecule has 1 N–H and O–H groups in total. The second-order valence-corrected chi connectivity index (χ2v) is 4.67. The molecule has 0 spiro atoms. The molecule has 2 nitrogen and oxygen atoms in total. The van der Waals surface area contributed by atoms with Crippen molar-refractivity contribution >= 4 is 0 Å². The van der Waals surface area contributed by atoms with E-state index in [0.717, 1.165) is 13.0 Å². The first-order chi connectivity index (χ1) is 5.65. The summed E-state index contributed by atoms with van der Waals surface area (Å²) >= 11 is 0. The Hall–Kier alpha value is -0.0800. The summed E-state index contributed by atoms with van der Waals surface area (Å²) in [7, 11) is 0. The molecule has 0 aromatic rings. The first kappa shape index (κ1) is 8.52. The van der Waals surface area contributed by atoms with Crippen LogP contribution >= 0.6 is 0 Å². The molecular formula is C10H19NO. The summed E-state index contributed by atoms with van der Waals surface area (Å²) in [6.07, 6.45) is 3.56. The number of fused-ring (bicyclic) bond motifs is 1. The highest BCUT2D eigenvalue weighted by Gasteiger charge is 2.49. The standard InChI is InChI=1S/C10H19NO/c1-8(2)10-4-3-5-11(10)7-9(12)6-10/h8-9,12H,3-7H2,1-2H3. The highest BCUT2D eigenvalue weighted by atomic mass is 16.3. The van der Waals surface area contributed by atoms with Crippen LogP contribution in [0.2, 0.25) is 0 Å². The van der Waals surface area contributed by atoms with E-state index in [9.17, 15) is 5.11 Å². The van der Waals surface area contributed by atoms with Crippen molar-refractivity contribution in [2.45, 2.75) is 44.8 Å². The minimum atomic E-state index is -0.0623. The second kappa shape index (κ2) is 2.71. The van der Waals surface area contributed by atoms with E-state index < -0.39 is 0 Å². The third kappa shape index (κ3) is 1.01. The van der Waals surface area contributed by atoms with Crippen molar-refractivity contribution in [1.82, 2.24) is 4.90 Å². The van der Waals surface area contributed by atoms with Gasteiger partial charge in [0.2, 0.25) is 0 Å². The van der Waals surface area contributed by atoms with Crippen molar-refractivity contribution in [1.29, 1.82) is 0 Å². The SMILES string of the molecule is CC(C)C12CCCN1CC(O)C2. The van der Waals surface area contributed by atoms with Crippen LogP contribution < -0.4 is 0 Å². The Morgan fingerprint density at radius 2 is 2.25 bits per heavy atom. The van der Waals surface area contributed by atoms with Crippen molar-refractivity contribution in [3.8, 4) is 0 Å². The van der Waals surface area contributed by atoms with Crippen LogP contribution in [0, 0.1) is 5.92 Å². The first-order valence-electron chi connectivity index (χ1n) is 5.08. The first-order valence-corrected chi connectivity index (χ1v) is 5.08. The molecule has 0 amide bonds. The molecule has 0 aliphatic carbocycles. The zero-order chi connectivity index (χ0) is 8.77. The lowest BCUT2D eigenvalue weighted by Gasteiger charge is -2.35. The minimum Gasteiger partial charge on any atom is -0.392 e. The smallest absolute Gasteiger partial charge is 0.0685 e. The molecule has 2 saturated heterocycles. The minimum absolute atomic E-state index is 0.0623. The fraction of sp³-hybridized carbons (Fsp3) is 1.00. The molecule has 2 fully saturated rings. The van der Waals surface area contributed by atoms with E-state index in [2.05, 4.69) is 18.7 Å². The maximum atomic E-state index is 9.61. The van der Waals surface area contributed by atoms with Crippen molar-refractivity contribution in [3.05, 3.63) is 0 Å². The number of rotatable bonds is 1. The Bertz CT molecular complexity index is 181. The van der Waals surface area contributed by atoms with E-state index in [-0.39, 0.29) is 6.10 Å². The molecular weight excluding hydrogens is 150 g/mol. The average Bonchev–Trinajstić information content (AvgIpc) is 2.42. The highest BCUT2D eigenvalue weighted by Crippen LogP contribution is 2.43. The predicted octanol–water partition coefficient (Wildman–Crippen LogP) is 1.24. The maximum Gasteiger partial charge on any atom is 0.0685 e. The van der Waals surface area contributed by atoms with Crippen LogP contribution in [0.25, 0.3) is 0 Å². The number of aliphatic hydroxyl groups excluding tert-OH is 1. The Labute approximate surface area is 74.6 Å². The number of hydrogen-bond acceptors (Lipinski definition) is 2. The molecule has 2 atom stereocenters. The lowest BCUT2D eigenvalue weighted by Crippen LogP contribution is -2.42. The Morgan fingerprint density at radius 1 is 1.50 bits per heavy atom. The van der Waals surface area contributed by atoms with Gasteiger partial charge in [0.05, 0.1) is 6.10 Å². The van der Waals surface area contributed by atoms with Gasteiger partial charge in [0.25, 0.3) is 0 Å². The summed E-state index contributed by atoms with van der Waals surface area (Å²) in [6, 6.07) is 0. The van der Waals surface area contributed by atoms with E-state index in [0.29, 0.717) is 11.5 Å². The van der Waals surface area contributed by atoms with Crippen LogP contribution in [0.5, 0.6) is 0 Å². The van der Waals surface area contributed by atoms with Gasteiger partial charge in [-0.1, -0.05) is 13.8 Å². The monoisotopic (exact) mass is 169 g/mol. The summed E-state index contributed by atoms with van der Waals surface area (Å²) in [4.78, 5) is 2.50. The van der Waals surface area contributed by atoms with Crippen LogP contribution in [0.3, 0.4) is 0 Å². The molecule has 2 aliphatic heterocycles. The highest BCUT2D eigenvalue weighted by molar-refractivity contribution is 5.04. The average molecular weight is 169 g/mol. The Kier molecular flexibility index (Phi) is 1.92. The van der Waals surface area contributed by atoms with Crippen LogP contribution in [-0.4, -0.2) is 34.7 Å². The summed E-state index contributed by atoms with van der Waals surface area (Å²) in [5, 5.41) is 9.61.